The first kappa shape index (κ1) is 12.8. The lowest BCUT2D eigenvalue weighted by Gasteiger charge is -2.24. The van der Waals surface area contributed by atoms with E-state index in [1.807, 2.05) is 13.1 Å². The Bertz CT molecular complexity index is 397. The quantitative estimate of drug-likeness (QED) is 0.895. The van der Waals surface area contributed by atoms with Crippen LogP contribution in [0.5, 0.6) is 0 Å². The second kappa shape index (κ2) is 5.34. The van der Waals surface area contributed by atoms with Crippen LogP contribution in [0.15, 0.2) is 18.2 Å². The highest BCUT2D eigenvalue weighted by atomic mass is 35.5. The van der Waals surface area contributed by atoms with Crippen molar-refractivity contribution in [3.63, 3.8) is 0 Å². The molecule has 0 amide bonds. The van der Waals surface area contributed by atoms with Crippen LogP contribution in [0.3, 0.4) is 0 Å². The Morgan fingerprint density at radius 3 is 2.88 bits per heavy atom. The van der Waals surface area contributed by atoms with Crippen molar-refractivity contribution in [1.82, 2.24) is 10.2 Å². The van der Waals surface area contributed by atoms with E-state index in [0.717, 1.165) is 25.1 Å². The van der Waals surface area contributed by atoms with Crippen molar-refractivity contribution in [3.8, 4) is 0 Å². The van der Waals surface area contributed by atoms with E-state index in [1.165, 1.54) is 6.07 Å². The fourth-order valence-corrected chi connectivity index (χ4v) is 2.55. The Labute approximate surface area is 107 Å². The van der Waals surface area contributed by atoms with E-state index in [-0.39, 0.29) is 16.9 Å². The maximum atomic E-state index is 13.1. The molecular weight excluding hydrogens is 239 g/mol. The lowest BCUT2D eigenvalue weighted by Crippen LogP contribution is -2.31. The fraction of sp³-hybridized carbons (Fsp3) is 0.538. The van der Waals surface area contributed by atoms with Crippen LogP contribution in [0.25, 0.3) is 0 Å². The minimum Gasteiger partial charge on any atom is -0.316 e. The van der Waals surface area contributed by atoms with Crippen LogP contribution < -0.4 is 5.32 Å². The van der Waals surface area contributed by atoms with Gasteiger partial charge in [0.1, 0.15) is 5.82 Å². The molecule has 1 aliphatic rings. The largest absolute Gasteiger partial charge is 0.316 e. The first-order chi connectivity index (χ1) is 8.11. The molecule has 0 aliphatic carbocycles. The molecule has 4 heteroatoms. The van der Waals surface area contributed by atoms with Crippen LogP contribution in [0.2, 0.25) is 5.02 Å². The van der Waals surface area contributed by atoms with Gasteiger partial charge in [0, 0.05) is 25.2 Å². The van der Waals surface area contributed by atoms with Gasteiger partial charge in [-0.1, -0.05) is 17.7 Å². The number of halogens is 2. The number of rotatable bonds is 3. The maximum absolute atomic E-state index is 13.1. The predicted octanol–water partition coefficient (Wildman–Crippen LogP) is 2.83. The number of nitrogens with zero attached hydrogens (tertiary/aromatic N) is 1. The zero-order valence-corrected chi connectivity index (χ0v) is 11.0. The molecule has 1 aliphatic heterocycles. The summed E-state index contributed by atoms with van der Waals surface area (Å²) in [5.74, 6) is -0.350. The Balaban J connectivity index is 2.09. The molecule has 2 rings (SSSR count). The van der Waals surface area contributed by atoms with Gasteiger partial charge in [-0.25, -0.2) is 4.39 Å². The summed E-state index contributed by atoms with van der Waals surface area (Å²) in [7, 11) is 1.99. The highest BCUT2D eigenvalue weighted by molar-refractivity contribution is 6.30. The summed E-state index contributed by atoms with van der Waals surface area (Å²) in [5, 5.41) is 3.50. The molecule has 2 nitrogen and oxygen atoms in total. The molecule has 1 fully saturated rings. The molecule has 2 unspecified atom stereocenters. The molecule has 0 saturated carbocycles. The standard InChI is InChI=1S/C13H18ClFN2/c1-9(17-6-5-11(8-17)16-2)10-3-4-13(15)12(14)7-10/h3-4,7,9,11,16H,5-6,8H2,1-2H3. The summed E-state index contributed by atoms with van der Waals surface area (Å²) in [5.41, 5.74) is 1.08. The second-order valence-electron chi connectivity index (χ2n) is 4.62. The molecule has 17 heavy (non-hydrogen) atoms. The zero-order chi connectivity index (χ0) is 12.4. The molecule has 1 N–H and O–H groups in total. The van der Waals surface area contributed by atoms with Crippen molar-refractivity contribution in [2.75, 3.05) is 20.1 Å². The van der Waals surface area contributed by atoms with Gasteiger partial charge in [0.2, 0.25) is 0 Å². The first-order valence-corrected chi connectivity index (χ1v) is 6.36. The number of hydrogen-bond acceptors (Lipinski definition) is 2. The number of hydrogen-bond donors (Lipinski definition) is 1. The number of benzene rings is 1. The number of likely N-dealkylation sites (N-methyl/N-ethyl adjacent to an activating group) is 1. The normalized spacial score (nSPS) is 22.9. The van der Waals surface area contributed by atoms with Crippen molar-refractivity contribution in [1.29, 1.82) is 0 Å². The van der Waals surface area contributed by atoms with Gasteiger partial charge in [-0.3, -0.25) is 4.90 Å². The van der Waals surface area contributed by atoms with E-state index in [2.05, 4.69) is 17.1 Å². The van der Waals surface area contributed by atoms with Gasteiger partial charge >= 0.3 is 0 Å². The summed E-state index contributed by atoms with van der Waals surface area (Å²) in [4.78, 5) is 2.39. The van der Waals surface area contributed by atoms with E-state index in [9.17, 15) is 4.39 Å². The van der Waals surface area contributed by atoms with Crippen LogP contribution in [-0.2, 0) is 0 Å². The van der Waals surface area contributed by atoms with Crippen LogP contribution in [0.4, 0.5) is 4.39 Å². The Morgan fingerprint density at radius 1 is 1.53 bits per heavy atom. The van der Waals surface area contributed by atoms with E-state index in [4.69, 9.17) is 11.6 Å². The van der Waals surface area contributed by atoms with Crippen molar-refractivity contribution >= 4 is 11.6 Å². The minimum absolute atomic E-state index is 0.207. The van der Waals surface area contributed by atoms with Crippen LogP contribution in [-0.4, -0.2) is 31.1 Å². The molecule has 1 aromatic carbocycles. The minimum atomic E-state index is -0.350. The van der Waals surface area contributed by atoms with Gasteiger partial charge in [0.25, 0.3) is 0 Å². The van der Waals surface area contributed by atoms with Crippen molar-refractivity contribution in [2.24, 2.45) is 0 Å². The van der Waals surface area contributed by atoms with Gasteiger partial charge < -0.3 is 5.32 Å². The predicted molar refractivity (Wildman–Crippen MR) is 68.9 cm³/mol. The fourth-order valence-electron chi connectivity index (χ4n) is 2.36. The van der Waals surface area contributed by atoms with Crippen LogP contribution in [0, 0.1) is 5.82 Å². The summed E-state index contributed by atoms with van der Waals surface area (Å²) >= 11 is 5.81. The summed E-state index contributed by atoms with van der Waals surface area (Å²) in [6, 6.07) is 5.84. The van der Waals surface area contributed by atoms with Crippen LogP contribution in [0.1, 0.15) is 24.9 Å². The molecular formula is C13H18ClFN2. The molecule has 94 valence electrons. The average Bonchev–Trinajstić information content (AvgIpc) is 2.80. The van der Waals surface area contributed by atoms with E-state index >= 15 is 0 Å². The second-order valence-corrected chi connectivity index (χ2v) is 5.03. The summed E-state index contributed by atoms with van der Waals surface area (Å²) in [6.07, 6.45) is 1.16. The van der Waals surface area contributed by atoms with Gasteiger partial charge in [0.15, 0.2) is 0 Å². The molecule has 0 radical (unpaired) electrons. The third-order valence-electron chi connectivity index (χ3n) is 3.60. The van der Waals surface area contributed by atoms with Gasteiger partial charge in [-0.2, -0.15) is 0 Å². The highest BCUT2D eigenvalue weighted by Gasteiger charge is 2.25. The smallest absolute Gasteiger partial charge is 0.141 e. The number of nitrogens with one attached hydrogen (secondary N) is 1. The SMILES string of the molecule is CNC1CCN(C(C)c2ccc(F)c(Cl)c2)C1. The van der Waals surface area contributed by atoms with E-state index < -0.39 is 0 Å². The maximum Gasteiger partial charge on any atom is 0.141 e. The Kier molecular flexibility index (Phi) is 4.02. The Morgan fingerprint density at radius 2 is 2.29 bits per heavy atom. The van der Waals surface area contributed by atoms with Crippen molar-refractivity contribution in [2.45, 2.75) is 25.4 Å². The van der Waals surface area contributed by atoms with Crippen molar-refractivity contribution < 1.29 is 4.39 Å². The molecule has 0 aromatic heterocycles. The third-order valence-corrected chi connectivity index (χ3v) is 3.89. The summed E-state index contributed by atoms with van der Waals surface area (Å²) in [6.45, 7) is 4.25. The zero-order valence-electron chi connectivity index (χ0n) is 10.2. The molecule has 1 aromatic rings. The Hall–Kier alpha value is -0.640. The molecule has 1 heterocycles. The van der Waals surface area contributed by atoms with Gasteiger partial charge in [-0.15, -0.1) is 0 Å². The highest BCUT2D eigenvalue weighted by Crippen LogP contribution is 2.27. The average molecular weight is 257 g/mol. The number of likely N-dealkylation sites (tertiary alicyclic amines) is 1. The molecule has 0 spiro atoms. The van der Waals surface area contributed by atoms with Gasteiger partial charge in [0.05, 0.1) is 5.02 Å². The molecule has 2 atom stereocenters. The third kappa shape index (κ3) is 2.79. The topological polar surface area (TPSA) is 15.3 Å². The lowest BCUT2D eigenvalue weighted by atomic mass is 10.1. The molecule has 1 saturated heterocycles. The van der Waals surface area contributed by atoms with Crippen LogP contribution >= 0.6 is 11.6 Å². The first-order valence-electron chi connectivity index (χ1n) is 5.98. The monoisotopic (exact) mass is 256 g/mol. The van der Waals surface area contributed by atoms with E-state index in [0.29, 0.717) is 6.04 Å². The molecule has 0 bridgehead atoms. The van der Waals surface area contributed by atoms with Crippen molar-refractivity contribution in [3.05, 3.63) is 34.6 Å². The summed E-state index contributed by atoms with van der Waals surface area (Å²) < 4.78 is 13.1. The van der Waals surface area contributed by atoms with E-state index in [1.54, 1.807) is 6.07 Å². The van der Waals surface area contributed by atoms with Gasteiger partial charge in [-0.05, 0) is 38.1 Å². The lowest BCUT2D eigenvalue weighted by molar-refractivity contribution is 0.257.